The van der Waals surface area contributed by atoms with E-state index in [2.05, 4.69) is 45.0 Å². The molecule has 2 aliphatic heterocycles. The highest BCUT2D eigenvalue weighted by molar-refractivity contribution is 7.22. The van der Waals surface area contributed by atoms with Gasteiger partial charge in [-0.2, -0.15) is 0 Å². The van der Waals surface area contributed by atoms with Crippen molar-refractivity contribution in [1.29, 1.82) is 0 Å². The molecule has 168 valence electrons. The average molecular weight is 451 g/mol. The Labute approximate surface area is 193 Å². The number of benzene rings is 2. The number of para-hydroxylation sites is 1. The summed E-state index contributed by atoms with van der Waals surface area (Å²) >= 11 is 1.69. The molecule has 1 aromatic heterocycles. The van der Waals surface area contributed by atoms with E-state index in [-0.39, 0.29) is 5.92 Å². The van der Waals surface area contributed by atoms with E-state index < -0.39 is 0 Å². The Morgan fingerprint density at radius 2 is 1.88 bits per heavy atom. The van der Waals surface area contributed by atoms with Gasteiger partial charge >= 0.3 is 0 Å². The third-order valence-corrected chi connectivity index (χ3v) is 7.49. The number of piperazine rings is 1. The van der Waals surface area contributed by atoms with Crippen LogP contribution in [0.25, 0.3) is 10.2 Å². The molecule has 0 aliphatic carbocycles. The quantitative estimate of drug-likeness (QED) is 0.581. The molecule has 2 aromatic carbocycles. The number of thiazole rings is 1. The molecular weight excluding hydrogens is 420 g/mol. The predicted molar refractivity (Wildman–Crippen MR) is 131 cm³/mol. The number of ether oxygens (including phenoxy) is 1. The summed E-state index contributed by atoms with van der Waals surface area (Å²) in [7, 11) is 0. The fourth-order valence-electron chi connectivity index (χ4n) is 4.72. The van der Waals surface area contributed by atoms with Crippen LogP contribution in [0.2, 0.25) is 0 Å². The summed E-state index contributed by atoms with van der Waals surface area (Å²) in [6, 6.07) is 16.6. The third-order valence-electron chi connectivity index (χ3n) is 6.41. The number of fused-ring (bicyclic) bond motifs is 1. The molecule has 0 unspecified atom stereocenters. The van der Waals surface area contributed by atoms with Gasteiger partial charge in [0.2, 0.25) is 5.91 Å². The highest BCUT2D eigenvalue weighted by Crippen LogP contribution is 2.34. The van der Waals surface area contributed by atoms with Crippen LogP contribution in [0.15, 0.2) is 48.5 Å². The molecule has 0 saturated carbocycles. The van der Waals surface area contributed by atoms with Crippen molar-refractivity contribution in [2.75, 3.05) is 55.7 Å². The monoisotopic (exact) mass is 450 g/mol. The van der Waals surface area contributed by atoms with Crippen molar-refractivity contribution >= 4 is 38.3 Å². The van der Waals surface area contributed by atoms with Crippen LogP contribution in [0.3, 0.4) is 0 Å². The fourth-order valence-corrected chi connectivity index (χ4v) is 5.75. The molecule has 32 heavy (non-hydrogen) atoms. The molecule has 6 nitrogen and oxygen atoms in total. The van der Waals surface area contributed by atoms with Crippen LogP contribution in [0.1, 0.15) is 19.8 Å². The van der Waals surface area contributed by atoms with Gasteiger partial charge in [-0.1, -0.05) is 29.5 Å². The number of amides is 1. The van der Waals surface area contributed by atoms with Gasteiger partial charge in [0.25, 0.3) is 0 Å². The first kappa shape index (κ1) is 21.1. The molecule has 0 spiro atoms. The van der Waals surface area contributed by atoms with E-state index in [9.17, 15) is 4.79 Å². The summed E-state index contributed by atoms with van der Waals surface area (Å²) in [6.45, 7) is 7.76. The van der Waals surface area contributed by atoms with Gasteiger partial charge in [0.05, 0.1) is 22.7 Å². The second-order valence-corrected chi connectivity index (χ2v) is 9.50. The molecule has 1 amide bonds. The van der Waals surface area contributed by atoms with Crippen molar-refractivity contribution in [3.8, 4) is 5.75 Å². The van der Waals surface area contributed by atoms with Crippen molar-refractivity contribution in [2.24, 2.45) is 5.92 Å². The van der Waals surface area contributed by atoms with E-state index in [1.807, 2.05) is 25.1 Å². The Morgan fingerprint density at radius 3 is 2.66 bits per heavy atom. The first-order valence-corrected chi connectivity index (χ1v) is 12.4. The number of carbonyl (C=O) groups is 1. The summed E-state index contributed by atoms with van der Waals surface area (Å²) in [5.74, 6) is 1.25. The maximum absolute atomic E-state index is 13.3. The molecule has 2 saturated heterocycles. The number of piperidine rings is 1. The number of nitrogens with zero attached hydrogens (tertiary/aromatic N) is 4. The fraction of sp³-hybridized carbons (Fsp3) is 0.440. The van der Waals surface area contributed by atoms with Gasteiger partial charge in [-0.15, -0.1) is 0 Å². The van der Waals surface area contributed by atoms with E-state index in [1.165, 1.54) is 5.69 Å². The average Bonchev–Trinajstić information content (AvgIpc) is 3.28. The molecule has 3 heterocycles. The van der Waals surface area contributed by atoms with Gasteiger partial charge in [-0.3, -0.25) is 4.79 Å². The van der Waals surface area contributed by atoms with Crippen molar-refractivity contribution in [1.82, 2.24) is 9.88 Å². The van der Waals surface area contributed by atoms with Gasteiger partial charge < -0.3 is 19.4 Å². The smallest absolute Gasteiger partial charge is 0.227 e. The molecule has 0 radical (unpaired) electrons. The lowest BCUT2D eigenvalue weighted by Crippen LogP contribution is -2.52. The minimum atomic E-state index is 0.0537. The number of hydrogen-bond donors (Lipinski definition) is 0. The molecular formula is C25H30N4O2S. The minimum absolute atomic E-state index is 0.0537. The lowest BCUT2D eigenvalue weighted by molar-refractivity contribution is -0.136. The summed E-state index contributed by atoms with van der Waals surface area (Å²) in [6.07, 6.45) is 1.99. The molecule has 2 fully saturated rings. The zero-order valence-electron chi connectivity index (χ0n) is 18.6. The second kappa shape index (κ2) is 9.36. The van der Waals surface area contributed by atoms with Crippen LogP contribution in [0, 0.1) is 5.92 Å². The van der Waals surface area contributed by atoms with E-state index in [0.29, 0.717) is 12.5 Å². The molecule has 1 atom stereocenters. The molecule has 3 aromatic rings. The first-order valence-electron chi connectivity index (χ1n) is 11.6. The number of rotatable bonds is 5. The lowest BCUT2D eigenvalue weighted by Gasteiger charge is -2.39. The van der Waals surface area contributed by atoms with Crippen molar-refractivity contribution in [3.63, 3.8) is 0 Å². The normalized spacial score (nSPS) is 19.4. The summed E-state index contributed by atoms with van der Waals surface area (Å²) in [5, 5.41) is 1.01. The van der Waals surface area contributed by atoms with Gasteiger partial charge in [0.1, 0.15) is 5.75 Å². The summed E-state index contributed by atoms with van der Waals surface area (Å²) in [4.78, 5) is 24.9. The van der Waals surface area contributed by atoms with Crippen LogP contribution in [0.4, 0.5) is 10.8 Å². The Morgan fingerprint density at radius 1 is 1.06 bits per heavy atom. The van der Waals surface area contributed by atoms with Crippen LogP contribution in [0.5, 0.6) is 5.75 Å². The number of carbonyl (C=O) groups excluding carboxylic acids is 1. The number of hydrogen-bond acceptors (Lipinski definition) is 6. The van der Waals surface area contributed by atoms with Gasteiger partial charge in [0, 0.05) is 45.0 Å². The zero-order chi connectivity index (χ0) is 21.9. The van der Waals surface area contributed by atoms with E-state index in [4.69, 9.17) is 9.72 Å². The van der Waals surface area contributed by atoms with Gasteiger partial charge in [0.15, 0.2) is 5.13 Å². The van der Waals surface area contributed by atoms with Gasteiger partial charge in [-0.05, 0) is 50.1 Å². The Bertz CT molecular complexity index is 1060. The van der Waals surface area contributed by atoms with E-state index >= 15 is 0 Å². The molecule has 0 bridgehead atoms. The standard InChI is InChI=1S/C25H30N4O2S/c1-2-31-21-10-11-22-23(17-21)32-25(26-22)29-12-6-7-19(18-29)24(30)28-15-13-27(14-16-28)20-8-4-3-5-9-20/h3-5,8-11,17,19H,2,6-7,12-16,18H2,1H3/t19-/m1/s1. The molecule has 2 aliphatic rings. The maximum atomic E-state index is 13.3. The van der Waals surface area contributed by atoms with Crippen molar-refractivity contribution in [2.45, 2.75) is 19.8 Å². The van der Waals surface area contributed by atoms with Crippen molar-refractivity contribution < 1.29 is 9.53 Å². The topological polar surface area (TPSA) is 48.9 Å². The highest BCUT2D eigenvalue weighted by Gasteiger charge is 2.32. The van der Waals surface area contributed by atoms with E-state index in [1.54, 1.807) is 11.3 Å². The maximum Gasteiger partial charge on any atom is 0.227 e. The van der Waals surface area contributed by atoms with E-state index in [0.717, 1.165) is 73.2 Å². The van der Waals surface area contributed by atoms with Crippen molar-refractivity contribution in [3.05, 3.63) is 48.5 Å². The van der Waals surface area contributed by atoms with Gasteiger partial charge in [-0.25, -0.2) is 4.98 Å². The van der Waals surface area contributed by atoms with Crippen LogP contribution in [-0.2, 0) is 4.79 Å². The number of aromatic nitrogens is 1. The Balaban J connectivity index is 1.22. The Hall–Kier alpha value is -2.80. The number of anilines is 2. The zero-order valence-corrected chi connectivity index (χ0v) is 19.4. The van der Waals surface area contributed by atoms with Crippen LogP contribution < -0.4 is 14.5 Å². The molecule has 7 heteroatoms. The Kier molecular flexibility index (Phi) is 6.17. The summed E-state index contributed by atoms with van der Waals surface area (Å²) in [5.41, 5.74) is 2.24. The predicted octanol–water partition coefficient (Wildman–Crippen LogP) is 4.26. The second-order valence-electron chi connectivity index (χ2n) is 8.49. The first-order chi connectivity index (χ1) is 15.7. The SMILES string of the molecule is CCOc1ccc2nc(N3CCC[C@@H](C(=O)N4CCN(c5ccccc5)CC4)C3)sc2c1. The minimum Gasteiger partial charge on any atom is -0.494 e. The lowest BCUT2D eigenvalue weighted by atomic mass is 9.96. The third kappa shape index (κ3) is 4.39. The van der Waals surface area contributed by atoms with Crippen LogP contribution >= 0.6 is 11.3 Å². The molecule has 5 rings (SSSR count). The molecule has 0 N–H and O–H groups in total. The highest BCUT2D eigenvalue weighted by atomic mass is 32.1. The summed E-state index contributed by atoms with van der Waals surface area (Å²) < 4.78 is 6.77. The van der Waals surface area contributed by atoms with Crippen LogP contribution in [-0.4, -0.2) is 61.7 Å². The largest absolute Gasteiger partial charge is 0.494 e.